The summed E-state index contributed by atoms with van der Waals surface area (Å²) in [6.07, 6.45) is 0. The van der Waals surface area contributed by atoms with E-state index in [4.69, 9.17) is 0 Å². The first-order chi connectivity index (χ1) is 3.80. The normalized spacial score (nSPS) is 9.12. The Labute approximate surface area is 48.6 Å². The highest BCUT2D eigenvalue weighted by Gasteiger charge is 1.90. The number of rotatable bonds is 0. The molecular formula is C7H7O. The fourth-order valence-electron chi connectivity index (χ4n) is 0.556. The van der Waals surface area contributed by atoms with E-state index < -0.39 is 0 Å². The second kappa shape index (κ2) is 1.86. The highest BCUT2D eigenvalue weighted by atomic mass is 16.3. The van der Waals surface area contributed by atoms with Gasteiger partial charge in [-0.05, 0) is 18.6 Å². The van der Waals surface area contributed by atoms with Crippen molar-refractivity contribution in [2.24, 2.45) is 0 Å². The number of hydrogen-bond acceptors (Lipinski definition) is 0. The van der Waals surface area contributed by atoms with Crippen LogP contribution in [0.25, 0.3) is 0 Å². The lowest BCUT2D eigenvalue weighted by molar-refractivity contribution is 0.352. The lowest BCUT2D eigenvalue weighted by Gasteiger charge is -1.88. The zero-order chi connectivity index (χ0) is 5.98. The Kier molecular flexibility index (Phi) is 1.20. The molecule has 0 heterocycles. The van der Waals surface area contributed by atoms with Crippen LogP contribution in [0.1, 0.15) is 5.56 Å². The molecule has 8 heavy (non-hydrogen) atoms. The molecule has 0 unspecified atom stereocenters. The molecule has 0 atom stereocenters. The van der Waals surface area contributed by atoms with E-state index in [9.17, 15) is 5.11 Å². The van der Waals surface area contributed by atoms with E-state index in [1.54, 1.807) is 12.1 Å². The second-order valence-corrected chi connectivity index (χ2v) is 1.77. The smallest absolute Gasteiger partial charge is 0.181 e. The van der Waals surface area contributed by atoms with Gasteiger partial charge in [0.1, 0.15) is 0 Å². The minimum absolute atomic E-state index is 0.118. The van der Waals surface area contributed by atoms with Crippen molar-refractivity contribution in [2.75, 3.05) is 0 Å². The Morgan fingerprint density at radius 1 is 1.25 bits per heavy atom. The van der Waals surface area contributed by atoms with Crippen molar-refractivity contribution in [2.45, 2.75) is 6.92 Å². The first-order valence-electron chi connectivity index (χ1n) is 2.53. The molecule has 0 spiro atoms. The van der Waals surface area contributed by atoms with E-state index in [0.717, 1.165) is 5.56 Å². The van der Waals surface area contributed by atoms with Gasteiger partial charge in [0.15, 0.2) is 5.75 Å². The van der Waals surface area contributed by atoms with Crippen LogP contribution in [-0.4, -0.2) is 0 Å². The number of aryl methyl sites for hydroxylation is 1. The second-order valence-electron chi connectivity index (χ2n) is 1.77. The molecule has 0 saturated carbocycles. The summed E-state index contributed by atoms with van der Waals surface area (Å²) in [5, 5.41) is 10.6. The average molecular weight is 107 g/mol. The fraction of sp³-hybridized carbons (Fsp3) is 0.143. The SMILES string of the molecule is Cc1ccccc1[O]. The summed E-state index contributed by atoms with van der Waals surface area (Å²) in [4.78, 5) is 0. The van der Waals surface area contributed by atoms with Crippen molar-refractivity contribution in [1.29, 1.82) is 0 Å². The number of benzene rings is 1. The summed E-state index contributed by atoms with van der Waals surface area (Å²) < 4.78 is 0. The highest BCUT2D eigenvalue weighted by molar-refractivity contribution is 5.29. The van der Waals surface area contributed by atoms with Crippen molar-refractivity contribution < 1.29 is 5.11 Å². The number of hydrogen-bond donors (Lipinski definition) is 0. The Bertz CT molecular complexity index is 160. The van der Waals surface area contributed by atoms with Crippen LogP contribution in [-0.2, 0) is 5.11 Å². The summed E-state index contributed by atoms with van der Waals surface area (Å²) in [6, 6.07) is 6.98. The maximum Gasteiger partial charge on any atom is 0.181 e. The van der Waals surface area contributed by atoms with Gasteiger partial charge in [0.25, 0.3) is 0 Å². The molecule has 0 N–H and O–H groups in total. The van der Waals surface area contributed by atoms with Crippen molar-refractivity contribution in [3.63, 3.8) is 0 Å². The van der Waals surface area contributed by atoms with Gasteiger partial charge < -0.3 is 0 Å². The van der Waals surface area contributed by atoms with E-state index in [1.807, 2.05) is 19.1 Å². The molecule has 1 aromatic rings. The first kappa shape index (κ1) is 5.16. The molecule has 0 saturated heterocycles. The highest BCUT2D eigenvalue weighted by Crippen LogP contribution is 2.13. The molecule has 1 aromatic carbocycles. The van der Waals surface area contributed by atoms with Gasteiger partial charge in [0, 0.05) is 0 Å². The molecule has 0 aliphatic carbocycles. The third-order valence-electron chi connectivity index (χ3n) is 1.09. The molecule has 1 heteroatoms. The first-order valence-corrected chi connectivity index (χ1v) is 2.53. The molecule has 0 bridgehead atoms. The predicted molar refractivity (Wildman–Crippen MR) is 31.3 cm³/mol. The van der Waals surface area contributed by atoms with Crippen molar-refractivity contribution in [1.82, 2.24) is 0 Å². The number of para-hydroxylation sites is 1. The molecule has 41 valence electrons. The summed E-state index contributed by atoms with van der Waals surface area (Å²) >= 11 is 0. The van der Waals surface area contributed by atoms with Gasteiger partial charge in [0.2, 0.25) is 0 Å². The van der Waals surface area contributed by atoms with Crippen LogP contribution in [0.5, 0.6) is 5.75 Å². The van der Waals surface area contributed by atoms with Crippen LogP contribution in [0.4, 0.5) is 0 Å². The standard InChI is InChI=1S/C7H7O/c1-6-4-2-3-5-7(6)8/h2-5H,1H3. The monoisotopic (exact) mass is 107 g/mol. The quantitative estimate of drug-likeness (QED) is 0.484. The minimum atomic E-state index is 0.118. The molecule has 0 fully saturated rings. The lowest BCUT2D eigenvalue weighted by atomic mass is 10.2. The Morgan fingerprint density at radius 3 is 2.25 bits per heavy atom. The zero-order valence-corrected chi connectivity index (χ0v) is 4.72. The zero-order valence-electron chi connectivity index (χ0n) is 4.72. The molecule has 0 aliphatic rings. The molecule has 0 aliphatic heterocycles. The molecule has 1 rings (SSSR count). The van der Waals surface area contributed by atoms with Crippen LogP contribution in [0, 0.1) is 6.92 Å². The van der Waals surface area contributed by atoms with Crippen LogP contribution in [0.3, 0.4) is 0 Å². The van der Waals surface area contributed by atoms with Gasteiger partial charge in [-0.3, -0.25) is 5.11 Å². The van der Waals surface area contributed by atoms with E-state index in [1.165, 1.54) is 0 Å². The minimum Gasteiger partial charge on any atom is -0.290 e. The van der Waals surface area contributed by atoms with E-state index in [-0.39, 0.29) is 5.75 Å². The van der Waals surface area contributed by atoms with Gasteiger partial charge >= 0.3 is 0 Å². The van der Waals surface area contributed by atoms with Gasteiger partial charge in [-0.2, -0.15) is 0 Å². The van der Waals surface area contributed by atoms with E-state index in [2.05, 4.69) is 0 Å². The van der Waals surface area contributed by atoms with Gasteiger partial charge in [-0.15, -0.1) is 0 Å². The fourth-order valence-corrected chi connectivity index (χ4v) is 0.556. The molecule has 0 amide bonds. The summed E-state index contributed by atoms with van der Waals surface area (Å²) in [5.74, 6) is 0.118. The third kappa shape index (κ3) is 0.808. The van der Waals surface area contributed by atoms with Gasteiger partial charge in [-0.1, -0.05) is 18.2 Å². The third-order valence-corrected chi connectivity index (χ3v) is 1.09. The van der Waals surface area contributed by atoms with E-state index in [0.29, 0.717) is 0 Å². The topological polar surface area (TPSA) is 19.9 Å². The molecule has 0 aromatic heterocycles. The lowest BCUT2D eigenvalue weighted by Crippen LogP contribution is -1.67. The molecule has 1 radical (unpaired) electrons. The van der Waals surface area contributed by atoms with Crippen LogP contribution < -0.4 is 0 Å². The maximum atomic E-state index is 10.6. The van der Waals surface area contributed by atoms with Crippen molar-refractivity contribution in [3.05, 3.63) is 29.8 Å². The van der Waals surface area contributed by atoms with Crippen molar-refractivity contribution in [3.8, 4) is 5.75 Å². The Hall–Kier alpha value is -0.980. The van der Waals surface area contributed by atoms with Crippen LogP contribution in [0.15, 0.2) is 24.3 Å². The predicted octanol–water partition coefficient (Wildman–Crippen LogP) is 2.14. The average Bonchev–Trinajstić information content (AvgIpc) is 1.77. The summed E-state index contributed by atoms with van der Waals surface area (Å²) in [6.45, 7) is 1.81. The van der Waals surface area contributed by atoms with Gasteiger partial charge in [0.05, 0.1) is 0 Å². The largest absolute Gasteiger partial charge is 0.290 e. The Morgan fingerprint density at radius 2 is 1.88 bits per heavy atom. The Balaban J connectivity index is 3.13. The van der Waals surface area contributed by atoms with Crippen molar-refractivity contribution >= 4 is 0 Å². The molecular weight excluding hydrogens is 100 g/mol. The molecule has 1 nitrogen and oxygen atoms in total. The van der Waals surface area contributed by atoms with Gasteiger partial charge in [-0.25, -0.2) is 0 Å². The van der Waals surface area contributed by atoms with Crippen LogP contribution >= 0.6 is 0 Å². The van der Waals surface area contributed by atoms with Crippen LogP contribution in [0.2, 0.25) is 0 Å². The maximum absolute atomic E-state index is 10.6. The van der Waals surface area contributed by atoms with E-state index >= 15 is 0 Å². The summed E-state index contributed by atoms with van der Waals surface area (Å²) in [7, 11) is 0. The summed E-state index contributed by atoms with van der Waals surface area (Å²) in [5.41, 5.74) is 0.813.